The lowest BCUT2D eigenvalue weighted by Gasteiger charge is -2.11. The van der Waals surface area contributed by atoms with E-state index in [0.717, 1.165) is 34.4 Å². The lowest BCUT2D eigenvalue weighted by Crippen LogP contribution is -2.21. The Morgan fingerprint density at radius 1 is 1.06 bits per heavy atom. The van der Waals surface area contributed by atoms with Crippen molar-refractivity contribution in [3.05, 3.63) is 106 Å². The quantitative estimate of drug-likeness (QED) is 0.567. The number of amides is 1. The predicted octanol–water partition coefficient (Wildman–Crippen LogP) is 4.43. The van der Waals surface area contributed by atoms with Gasteiger partial charge < -0.3 is 4.90 Å². The molecule has 0 fully saturated rings. The number of hydrogen-bond donors (Lipinski definition) is 0. The van der Waals surface area contributed by atoms with Crippen LogP contribution in [0.4, 0.5) is 0 Å². The van der Waals surface area contributed by atoms with Crippen molar-refractivity contribution in [2.75, 3.05) is 20.4 Å². The van der Waals surface area contributed by atoms with E-state index in [4.69, 9.17) is 0 Å². The lowest BCUT2D eigenvalue weighted by molar-refractivity contribution is 0.0827. The van der Waals surface area contributed by atoms with Crippen molar-refractivity contribution < 1.29 is 13.2 Å². The molecule has 0 bridgehead atoms. The van der Waals surface area contributed by atoms with Crippen LogP contribution in [-0.2, 0) is 22.7 Å². The summed E-state index contributed by atoms with van der Waals surface area (Å²) < 4.78 is 23.7. The smallest absolute Gasteiger partial charge is 0.253 e. The molecule has 0 atom stereocenters. The second kappa shape index (κ2) is 9.16. The van der Waals surface area contributed by atoms with Gasteiger partial charge in [0, 0.05) is 44.2 Å². The molecular weight excluding hydrogens is 432 g/mol. The lowest BCUT2D eigenvalue weighted by atomic mass is 10.0. The van der Waals surface area contributed by atoms with Gasteiger partial charge in [-0.1, -0.05) is 36.4 Å². The average Bonchev–Trinajstić information content (AvgIpc) is 3.00. The van der Waals surface area contributed by atoms with E-state index in [1.165, 1.54) is 11.8 Å². The number of pyridine rings is 1. The molecule has 1 aromatic heterocycles. The van der Waals surface area contributed by atoms with E-state index in [1.54, 1.807) is 37.2 Å². The molecule has 4 rings (SSSR count). The highest BCUT2D eigenvalue weighted by atomic mass is 32.2. The highest BCUT2D eigenvalue weighted by Gasteiger charge is 2.12. The normalized spacial score (nSPS) is 13.1. The minimum absolute atomic E-state index is 0.0175. The number of carbonyl (C=O) groups excluding carboxylic acids is 1. The molecule has 168 valence electrons. The van der Waals surface area contributed by atoms with Gasteiger partial charge in [0.05, 0.1) is 4.90 Å². The zero-order valence-electron chi connectivity index (χ0n) is 18.9. The van der Waals surface area contributed by atoms with Crippen LogP contribution in [0.25, 0.3) is 11.6 Å². The van der Waals surface area contributed by atoms with E-state index < -0.39 is 9.84 Å². The summed E-state index contributed by atoms with van der Waals surface area (Å²) in [6.07, 6.45) is 10.8. The number of rotatable bonds is 5. The third kappa shape index (κ3) is 5.29. The maximum absolute atomic E-state index is 12.1. The third-order valence-corrected chi connectivity index (χ3v) is 6.72. The number of sulfone groups is 1. The molecule has 0 N–H and O–H groups in total. The van der Waals surface area contributed by atoms with E-state index in [-0.39, 0.29) is 5.91 Å². The molecule has 6 heteroatoms. The van der Waals surface area contributed by atoms with Gasteiger partial charge in [-0.15, -0.1) is 0 Å². The zero-order valence-corrected chi connectivity index (χ0v) is 19.8. The molecule has 33 heavy (non-hydrogen) atoms. The van der Waals surface area contributed by atoms with Crippen LogP contribution in [-0.4, -0.2) is 44.6 Å². The molecule has 2 aromatic carbocycles. The molecule has 0 saturated heterocycles. The molecular formula is C27H26N2O3S. The van der Waals surface area contributed by atoms with E-state index in [9.17, 15) is 13.2 Å². The van der Waals surface area contributed by atoms with Gasteiger partial charge in [0.1, 0.15) is 0 Å². The second-order valence-corrected chi connectivity index (χ2v) is 10.5. The number of aromatic nitrogens is 1. The van der Waals surface area contributed by atoms with Crippen LogP contribution in [0, 0.1) is 0 Å². The van der Waals surface area contributed by atoms with Gasteiger partial charge in [0.15, 0.2) is 9.84 Å². The Labute approximate surface area is 195 Å². The van der Waals surface area contributed by atoms with Crippen LogP contribution in [0.3, 0.4) is 0 Å². The summed E-state index contributed by atoms with van der Waals surface area (Å²) in [4.78, 5) is 18.7. The maximum atomic E-state index is 12.1. The first-order valence-corrected chi connectivity index (χ1v) is 12.6. The standard InChI is InChI=1S/C27H26N2O3S/c1-29(2)27(30)21-12-10-20(11-13-21)22-7-5-8-23-17-25(28-18-24(23)16-22)14-19-6-4-9-26(15-19)33(3,31)32/h4-7,9-13,15-18H,8,14H2,1-3H3. The Morgan fingerprint density at radius 2 is 1.82 bits per heavy atom. The number of hydrogen-bond acceptors (Lipinski definition) is 4. The van der Waals surface area contributed by atoms with Gasteiger partial charge in [0.2, 0.25) is 0 Å². The topological polar surface area (TPSA) is 67.3 Å². The van der Waals surface area contributed by atoms with Crippen molar-refractivity contribution in [2.24, 2.45) is 0 Å². The molecule has 1 heterocycles. The molecule has 0 radical (unpaired) electrons. The fourth-order valence-corrected chi connectivity index (χ4v) is 4.52. The highest BCUT2D eigenvalue weighted by Crippen LogP contribution is 2.26. The van der Waals surface area contributed by atoms with Crippen molar-refractivity contribution in [3.63, 3.8) is 0 Å². The van der Waals surface area contributed by atoms with Crippen LogP contribution < -0.4 is 0 Å². The third-order valence-electron chi connectivity index (χ3n) is 5.61. The molecule has 3 aromatic rings. The van der Waals surface area contributed by atoms with Crippen LogP contribution >= 0.6 is 0 Å². The van der Waals surface area contributed by atoms with Crippen LogP contribution in [0.2, 0.25) is 0 Å². The fraction of sp³-hybridized carbons (Fsp3) is 0.185. The van der Waals surface area contributed by atoms with E-state index in [0.29, 0.717) is 16.9 Å². The van der Waals surface area contributed by atoms with Gasteiger partial charge in [0.25, 0.3) is 5.91 Å². The first-order valence-electron chi connectivity index (χ1n) is 10.7. The molecule has 0 saturated carbocycles. The zero-order chi connectivity index (χ0) is 23.6. The first-order chi connectivity index (χ1) is 15.7. The Kier molecular flexibility index (Phi) is 6.29. The largest absolute Gasteiger partial charge is 0.345 e. The van der Waals surface area contributed by atoms with Crippen molar-refractivity contribution in [2.45, 2.75) is 17.7 Å². The number of carbonyl (C=O) groups is 1. The number of fused-ring (bicyclic) bond motifs is 1. The molecule has 0 unspecified atom stereocenters. The second-order valence-electron chi connectivity index (χ2n) is 8.45. The molecule has 0 spiro atoms. The van der Waals surface area contributed by atoms with Crippen molar-refractivity contribution in [1.29, 1.82) is 0 Å². The van der Waals surface area contributed by atoms with Gasteiger partial charge in [-0.2, -0.15) is 0 Å². The van der Waals surface area contributed by atoms with Crippen molar-refractivity contribution in [3.8, 4) is 0 Å². The van der Waals surface area contributed by atoms with E-state index in [2.05, 4.69) is 29.3 Å². The van der Waals surface area contributed by atoms with Crippen molar-refractivity contribution >= 4 is 27.4 Å². The molecule has 0 aliphatic heterocycles. The van der Waals surface area contributed by atoms with Gasteiger partial charge >= 0.3 is 0 Å². The molecule has 1 aliphatic rings. The summed E-state index contributed by atoms with van der Waals surface area (Å²) in [6, 6.07) is 16.7. The summed E-state index contributed by atoms with van der Waals surface area (Å²) in [5.74, 6) is -0.0175. The Balaban J connectivity index is 1.58. The Bertz CT molecular complexity index is 1370. The number of nitrogens with zero attached hydrogens (tertiary/aromatic N) is 2. The molecule has 1 aliphatic carbocycles. The maximum Gasteiger partial charge on any atom is 0.253 e. The van der Waals surface area contributed by atoms with Gasteiger partial charge in [-0.05, 0) is 70.7 Å². The van der Waals surface area contributed by atoms with E-state index >= 15 is 0 Å². The Morgan fingerprint density at radius 3 is 2.52 bits per heavy atom. The highest BCUT2D eigenvalue weighted by molar-refractivity contribution is 7.90. The summed E-state index contributed by atoms with van der Waals surface area (Å²) in [5.41, 5.74) is 6.80. The summed E-state index contributed by atoms with van der Waals surface area (Å²) in [5, 5.41) is 0. The molecule has 5 nitrogen and oxygen atoms in total. The Hall–Kier alpha value is -3.51. The summed E-state index contributed by atoms with van der Waals surface area (Å²) >= 11 is 0. The summed E-state index contributed by atoms with van der Waals surface area (Å²) in [6.45, 7) is 0. The van der Waals surface area contributed by atoms with Crippen LogP contribution in [0.15, 0.2) is 77.8 Å². The average molecular weight is 459 g/mol. The number of benzene rings is 2. The van der Waals surface area contributed by atoms with Gasteiger partial charge in [-0.25, -0.2) is 8.42 Å². The minimum Gasteiger partial charge on any atom is -0.345 e. The SMILES string of the molecule is CN(C)C(=O)c1ccc(C2=Cc3cnc(Cc4cccc(S(C)(=O)=O)c4)cc3CC=C2)cc1. The molecule has 1 amide bonds. The monoisotopic (exact) mass is 458 g/mol. The predicted molar refractivity (Wildman–Crippen MR) is 132 cm³/mol. The van der Waals surface area contributed by atoms with E-state index in [1.807, 2.05) is 36.5 Å². The first kappa shape index (κ1) is 22.7. The minimum atomic E-state index is -3.24. The fourth-order valence-electron chi connectivity index (χ4n) is 3.83. The number of allylic oxidation sites excluding steroid dienone is 3. The summed E-state index contributed by atoms with van der Waals surface area (Å²) in [7, 11) is 0.247. The van der Waals surface area contributed by atoms with Gasteiger partial charge in [-0.3, -0.25) is 9.78 Å². The van der Waals surface area contributed by atoms with Crippen LogP contribution in [0.5, 0.6) is 0 Å². The van der Waals surface area contributed by atoms with Crippen molar-refractivity contribution in [1.82, 2.24) is 9.88 Å². The van der Waals surface area contributed by atoms with Crippen LogP contribution in [0.1, 0.15) is 38.3 Å².